The quantitative estimate of drug-likeness (QED) is 0.172. The Labute approximate surface area is 192 Å². The summed E-state index contributed by atoms with van der Waals surface area (Å²) in [5.41, 5.74) is 0. The predicted molar refractivity (Wildman–Crippen MR) is 138 cm³/mol. The van der Waals surface area contributed by atoms with Crippen molar-refractivity contribution in [2.45, 2.75) is 120 Å². The normalized spacial score (nSPS) is 12.6. The van der Waals surface area contributed by atoms with Crippen LogP contribution in [0.4, 0.5) is 0 Å². The van der Waals surface area contributed by atoms with Gasteiger partial charge >= 0.3 is 0 Å². The summed E-state index contributed by atoms with van der Waals surface area (Å²) in [6.45, 7) is 26.7. The zero-order chi connectivity index (χ0) is 22.8. The first-order valence-electron chi connectivity index (χ1n) is 13.6. The van der Waals surface area contributed by atoms with Crippen LogP contribution < -0.4 is 0 Å². The SMILES string of the molecule is CC(C)CCCN(CCCCN(CCCC(C)C)CCCC(C)C)CCCC(C)C. The largest absolute Gasteiger partial charge is 0.303 e. The van der Waals surface area contributed by atoms with E-state index in [2.05, 4.69) is 65.2 Å². The maximum absolute atomic E-state index is 2.77. The van der Waals surface area contributed by atoms with E-state index in [1.54, 1.807) is 0 Å². The van der Waals surface area contributed by atoms with Crippen LogP contribution in [-0.2, 0) is 0 Å². The van der Waals surface area contributed by atoms with Crippen molar-refractivity contribution in [2.24, 2.45) is 23.7 Å². The van der Waals surface area contributed by atoms with Crippen molar-refractivity contribution in [1.82, 2.24) is 9.80 Å². The van der Waals surface area contributed by atoms with Crippen molar-refractivity contribution in [2.75, 3.05) is 39.3 Å². The van der Waals surface area contributed by atoms with E-state index < -0.39 is 0 Å². The molecular formula is C28H60N2. The predicted octanol–water partition coefficient (Wildman–Crippen LogP) is 8.12. The van der Waals surface area contributed by atoms with Crippen LogP contribution in [0.3, 0.4) is 0 Å². The molecule has 0 aliphatic rings. The first kappa shape index (κ1) is 29.9. The Morgan fingerprint density at radius 2 is 0.533 bits per heavy atom. The van der Waals surface area contributed by atoms with Gasteiger partial charge in [0.2, 0.25) is 0 Å². The van der Waals surface area contributed by atoms with Crippen molar-refractivity contribution >= 4 is 0 Å². The molecule has 0 heterocycles. The smallest absolute Gasteiger partial charge is 0.00183 e. The van der Waals surface area contributed by atoms with Gasteiger partial charge < -0.3 is 9.80 Å². The standard InChI is InChI=1S/C28H60N2/c1-25(2)15-11-21-29(22-12-16-26(3)4)19-9-10-20-30(23-13-17-27(5)6)24-14-18-28(7)8/h25-28H,9-24H2,1-8H3. The zero-order valence-corrected chi connectivity index (χ0v) is 22.5. The lowest BCUT2D eigenvalue weighted by Gasteiger charge is -2.25. The summed E-state index contributed by atoms with van der Waals surface area (Å²) in [5.74, 6) is 3.36. The molecule has 0 atom stereocenters. The molecule has 0 aromatic rings. The van der Waals surface area contributed by atoms with Gasteiger partial charge in [0.25, 0.3) is 0 Å². The summed E-state index contributed by atoms with van der Waals surface area (Å²) < 4.78 is 0. The average Bonchev–Trinajstić information content (AvgIpc) is 2.63. The van der Waals surface area contributed by atoms with Gasteiger partial charge in [-0.2, -0.15) is 0 Å². The lowest BCUT2D eigenvalue weighted by atomic mass is 10.1. The molecule has 0 aromatic heterocycles. The molecule has 0 aliphatic heterocycles. The number of rotatable bonds is 21. The highest BCUT2D eigenvalue weighted by atomic mass is 15.1. The van der Waals surface area contributed by atoms with E-state index in [9.17, 15) is 0 Å². The minimum Gasteiger partial charge on any atom is -0.303 e. The van der Waals surface area contributed by atoms with Gasteiger partial charge in [-0.25, -0.2) is 0 Å². The molecule has 0 radical (unpaired) electrons. The van der Waals surface area contributed by atoms with Crippen molar-refractivity contribution in [1.29, 1.82) is 0 Å². The molecule has 182 valence electrons. The summed E-state index contributed by atoms with van der Waals surface area (Å²) in [6.07, 6.45) is 13.7. The fourth-order valence-electron chi connectivity index (χ4n) is 4.23. The third-order valence-corrected chi connectivity index (χ3v) is 6.22. The second-order valence-electron chi connectivity index (χ2n) is 11.5. The maximum Gasteiger partial charge on any atom is -0.00183 e. The minimum atomic E-state index is 0.841. The molecule has 0 rings (SSSR count). The second-order valence-corrected chi connectivity index (χ2v) is 11.5. The number of nitrogens with zero attached hydrogens (tertiary/aromatic N) is 2. The van der Waals surface area contributed by atoms with E-state index in [-0.39, 0.29) is 0 Å². The fraction of sp³-hybridized carbons (Fsp3) is 1.00. The molecule has 2 heteroatoms. The molecule has 30 heavy (non-hydrogen) atoms. The molecule has 0 amide bonds. The summed E-state index contributed by atoms with van der Waals surface area (Å²) in [6, 6.07) is 0. The van der Waals surface area contributed by atoms with Crippen molar-refractivity contribution in [3.8, 4) is 0 Å². The Morgan fingerprint density at radius 3 is 0.733 bits per heavy atom. The highest BCUT2D eigenvalue weighted by molar-refractivity contribution is 4.64. The van der Waals surface area contributed by atoms with E-state index in [1.807, 2.05) is 0 Å². The van der Waals surface area contributed by atoms with Gasteiger partial charge in [0, 0.05) is 0 Å². The number of unbranched alkanes of at least 4 members (excludes halogenated alkanes) is 1. The first-order valence-corrected chi connectivity index (χ1v) is 13.6. The Kier molecular flexibility index (Phi) is 19.5. The molecule has 0 fully saturated rings. The molecular weight excluding hydrogens is 364 g/mol. The van der Waals surface area contributed by atoms with Crippen LogP contribution in [0, 0.1) is 23.7 Å². The fourth-order valence-corrected chi connectivity index (χ4v) is 4.23. The third kappa shape index (κ3) is 21.2. The molecule has 0 spiro atoms. The summed E-state index contributed by atoms with van der Waals surface area (Å²) in [7, 11) is 0. The van der Waals surface area contributed by atoms with Crippen LogP contribution in [0.25, 0.3) is 0 Å². The lowest BCUT2D eigenvalue weighted by Crippen LogP contribution is -2.30. The summed E-state index contributed by atoms with van der Waals surface area (Å²) in [4.78, 5) is 5.54. The Morgan fingerprint density at radius 1 is 0.333 bits per heavy atom. The third-order valence-electron chi connectivity index (χ3n) is 6.22. The Hall–Kier alpha value is -0.0800. The van der Waals surface area contributed by atoms with Crippen LogP contribution in [0.15, 0.2) is 0 Å². The Balaban J connectivity index is 4.30. The lowest BCUT2D eigenvalue weighted by molar-refractivity contribution is 0.224. The van der Waals surface area contributed by atoms with E-state index in [0.717, 1.165) is 23.7 Å². The van der Waals surface area contributed by atoms with Crippen LogP contribution in [0.1, 0.15) is 120 Å². The van der Waals surface area contributed by atoms with Gasteiger partial charge in [0.05, 0.1) is 0 Å². The molecule has 0 unspecified atom stereocenters. The molecule has 0 N–H and O–H groups in total. The van der Waals surface area contributed by atoms with E-state index >= 15 is 0 Å². The summed E-state index contributed by atoms with van der Waals surface area (Å²) >= 11 is 0. The van der Waals surface area contributed by atoms with Crippen molar-refractivity contribution in [3.63, 3.8) is 0 Å². The number of hydrogen-bond donors (Lipinski definition) is 0. The van der Waals surface area contributed by atoms with Gasteiger partial charge in [0.1, 0.15) is 0 Å². The van der Waals surface area contributed by atoms with Crippen LogP contribution in [0.5, 0.6) is 0 Å². The topological polar surface area (TPSA) is 6.48 Å². The van der Waals surface area contributed by atoms with Gasteiger partial charge in [0.15, 0.2) is 0 Å². The van der Waals surface area contributed by atoms with E-state index in [4.69, 9.17) is 0 Å². The highest BCUT2D eigenvalue weighted by Crippen LogP contribution is 2.12. The van der Waals surface area contributed by atoms with Crippen LogP contribution in [-0.4, -0.2) is 49.1 Å². The first-order chi connectivity index (χ1) is 14.2. The second kappa shape index (κ2) is 19.6. The van der Waals surface area contributed by atoms with E-state index in [0.29, 0.717) is 0 Å². The molecule has 2 nitrogen and oxygen atoms in total. The van der Waals surface area contributed by atoms with Crippen molar-refractivity contribution < 1.29 is 0 Å². The van der Waals surface area contributed by atoms with Crippen LogP contribution in [0.2, 0.25) is 0 Å². The van der Waals surface area contributed by atoms with Crippen molar-refractivity contribution in [3.05, 3.63) is 0 Å². The molecule has 0 saturated heterocycles. The van der Waals surface area contributed by atoms with Gasteiger partial charge in [-0.05, 0) is 127 Å². The summed E-state index contributed by atoms with van der Waals surface area (Å²) in [5, 5.41) is 0. The Bertz CT molecular complexity index is 287. The number of hydrogen-bond acceptors (Lipinski definition) is 2. The van der Waals surface area contributed by atoms with Gasteiger partial charge in [-0.1, -0.05) is 55.4 Å². The van der Waals surface area contributed by atoms with Gasteiger partial charge in [-0.15, -0.1) is 0 Å². The minimum absolute atomic E-state index is 0.841. The van der Waals surface area contributed by atoms with E-state index in [1.165, 1.54) is 103 Å². The molecule has 0 saturated carbocycles. The zero-order valence-electron chi connectivity index (χ0n) is 22.5. The monoisotopic (exact) mass is 424 g/mol. The maximum atomic E-state index is 2.77. The van der Waals surface area contributed by atoms with Crippen LogP contribution >= 0.6 is 0 Å². The molecule has 0 bridgehead atoms. The van der Waals surface area contributed by atoms with Gasteiger partial charge in [-0.3, -0.25) is 0 Å². The molecule has 0 aromatic carbocycles. The molecule has 0 aliphatic carbocycles. The highest BCUT2D eigenvalue weighted by Gasteiger charge is 2.09. The average molecular weight is 425 g/mol.